The summed E-state index contributed by atoms with van der Waals surface area (Å²) in [5, 5.41) is 4.21. The van der Waals surface area contributed by atoms with E-state index >= 15 is 0 Å². The molecule has 0 aromatic heterocycles. The zero-order chi connectivity index (χ0) is 5.21. The van der Waals surface area contributed by atoms with Crippen molar-refractivity contribution >= 4 is 17.3 Å². The lowest BCUT2D eigenvalue weighted by atomic mass is 14.0. The fraction of sp³-hybridized carbons (Fsp3) is 0. The SMILES string of the molecule is NS(=O)(=O)[PH+]=O. The molecule has 0 bridgehead atoms. The van der Waals surface area contributed by atoms with E-state index in [9.17, 15) is 13.0 Å². The maximum atomic E-state index is 9.48. The summed E-state index contributed by atoms with van der Waals surface area (Å²) in [6.07, 6.45) is 0. The molecule has 0 heterocycles. The molecule has 0 spiro atoms. The molecule has 0 saturated heterocycles. The molecular weight excluding hydrogens is 125 g/mol. The van der Waals surface area contributed by atoms with Gasteiger partial charge in [0.05, 0.1) is 0 Å². The van der Waals surface area contributed by atoms with Crippen LogP contribution in [0.25, 0.3) is 0 Å². The summed E-state index contributed by atoms with van der Waals surface area (Å²) in [4.78, 5) is 0. The van der Waals surface area contributed by atoms with Gasteiger partial charge in [-0.1, -0.05) is 4.57 Å². The Kier molecular flexibility index (Phi) is 1.64. The number of hydrogen-bond donors (Lipinski definition) is 1. The smallest absolute Gasteiger partial charge is 0.189 e. The van der Waals surface area contributed by atoms with Gasteiger partial charge < -0.3 is 0 Å². The Balaban J connectivity index is 4.25. The predicted molar refractivity (Wildman–Crippen MR) is 22.1 cm³/mol. The molecule has 0 radical (unpaired) electrons. The van der Waals surface area contributed by atoms with Crippen LogP contribution >= 0.6 is 7.66 Å². The van der Waals surface area contributed by atoms with E-state index in [1.165, 1.54) is 0 Å². The summed E-state index contributed by atoms with van der Waals surface area (Å²) in [5.41, 5.74) is 0. The fourth-order valence-corrected chi connectivity index (χ4v) is 0. The highest BCUT2D eigenvalue weighted by molar-refractivity contribution is 8.38. The summed E-state index contributed by atoms with van der Waals surface area (Å²) in [7, 11) is -5.12. The van der Waals surface area contributed by atoms with Gasteiger partial charge in [0.2, 0.25) is 0 Å². The molecule has 4 nitrogen and oxygen atoms in total. The van der Waals surface area contributed by atoms with E-state index in [0.717, 1.165) is 0 Å². The monoisotopic (exact) mass is 128 g/mol. The van der Waals surface area contributed by atoms with E-state index in [0.29, 0.717) is 0 Å². The Morgan fingerprint density at radius 3 is 1.67 bits per heavy atom. The molecule has 6 heteroatoms. The molecule has 2 N–H and O–H groups in total. The Labute approximate surface area is 36.3 Å². The lowest BCUT2D eigenvalue weighted by Crippen LogP contribution is -2.00. The van der Waals surface area contributed by atoms with Crippen LogP contribution in [-0.2, 0) is 14.2 Å². The van der Waals surface area contributed by atoms with E-state index in [1.807, 2.05) is 0 Å². The van der Waals surface area contributed by atoms with Crippen molar-refractivity contribution in [1.29, 1.82) is 0 Å². The minimum Gasteiger partial charge on any atom is -0.189 e. The van der Waals surface area contributed by atoms with Crippen LogP contribution in [0.5, 0.6) is 0 Å². The van der Waals surface area contributed by atoms with Crippen LogP contribution in [0, 0.1) is 0 Å². The zero-order valence-corrected chi connectivity index (χ0v) is 4.53. The van der Waals surface area contributed by atoms with Crippen LogP contribution in [0.4, 0.5) is 0 Å². The number of rotatable bonds is 1. The van der Waals surface area contributed by atoms with Crippen LogP contribution in [0.15, 0.2) is 0 Å². The van der Waals surface area contributed by atoms with Gasteiger partial charge in [-0.2, -0.15) is 13.6 Å². The minimum absolute atomic E-state index is 1.43. The van der Waals surface area contributed by atoms with E-state index < -0.39 is 17.3 Å². The first-order valence-corrected chi connectivity index (χ1v) is 4.16. The van der Waals surface area contributed by atoms with Crippen LogP contribution in [0.1, 0.15) is 0 Å². The summed E-state index contributed by atoms with van der Waals surface area (Å²) in [6, 6.07) is 0. The van der Waals surface area contributed by atoms with Crippen LogP contribution in [-0.4, -0.2) is 8.42 Å². The predicted octanol–water partition coefficient (Wildman–Crippen LogP) is -0.786. The van der Waals surface area contributed by atoms with Gasteiger partial charge in [0.1, 0.15) is 0 Å². The first-order chi connectivity index (χ1) is 2.56. The summed E-state index contributed by atoms with van der Waals surface area (Å²) >= 11 is 0. The van der Waals surface area contributed by atoms with Gasteiger partial charge >= 0.3 is 17.3 Å². The van der Waals surface area contributed by atoms with Gasteiger partial charge in [-0.05, 0) is 0 Å². The number of hydrogen-bond acceptors (Lipinski definition) is 3. The normalized spacial score (nSPS) is 12.2. The highest BCUT2D eigenvalue weighted by Crippen LogP contribution is 1.95. The quantitative estimate of drug-likeness (QED) is 0.470. The molecular formula is H3NO3PS+. The van der Waals surface area contributed by atoms with Crippen molar-refractivity contribution < 1.29 is 13.0 Å². The summed E-state index contributed by atoms with van der Waals surface area (Å²) in [5.74, 6) is 0. The van der Waals surface area contributed by atoms with Gasteiger partial charge in [0, 0.05) is 0 Å². The van der Waals surface area contributed by atoms with Crippen molar-refractivity contribution in [1.82, 2.24) is 0 Å². The molecule has 0 aromatic rings. The molecule has 36 valence electrons. The zero-order valence-electron chi connectivity index (χ0n) is 2.71. The maximum Gasteiger partial charge on any atom is 0.468 e. The summed E-state index contributed by atoms with van der Waals surface area (Å²) < 4.78 is 28.2. The van der Waals surface area contributed by atoms with Gasteiger partial charge in [-0.15, -0.1) is 0 Å². The van der Waals surface area contributed by atoms with E-state index in [4.69, 9.17) is 0 Å². The average Bonchev–Trinajstić information content (AvgIpc) is 1.35. The molecule has 6 heavy (non-hydrogen) atoms. The van der Waals surface area contributed by atoms with Gasteiger partial charge in [-0.3, -0.25) is 0 Å². The molecule has 0 aliphatic heterocycles. The second kappa shape index (κ2) is 1.64. The second-order valence-corrected chi connectivity index (χ2v) is 4.09. The van der Waals surface area contributed by atoms with Crippen molar-refractivity contribution in [2.24, 2.45) is 5.14 Å². The third kappa shape index (κ3) is 4.01. The molecule has 0 rings (SSSR count). The third-order valence-corrected chi connectivity index (χ3v) is 1.05. The highest BCUT2D eigenvalue weighted by atomic mass is 32.8. The first-order valence-electron chi connectivity index (χ1n) is 0.977. The topological polar surface area (TPSA) is 77.2 Å². The molecule has 0 aliphatic carbocycles. The Morgan fingerprint density at radius 1 is 1.50 bits per heavy atom. The average molecular weight is 128 g/mol. The van der Waals surface area contributed by atoms with E-state index in [-0.39, 0.29) is 0 Å². The van der Waals surface area contributed by atoms with Gasteiger partial charge in [-0.25, -0.2) is 0 Å². The summed E-state index contributed by atoms with van der Waals surface area (Å²) in [6.45, 7) is 0. The van der Waals surface area contributed by atoms with Crippen molar-refractivity contribution in [3.63, 3.8) is 0 Å². The molecule has 0 saturated carbocycles. The maximum absolute atomic E-state index is 9.48. The van der Waals surface area contributed by atoms with Crippen molar-refractivity contribution in [2.45, 2.75) is 0 Å². The standard InChI is InChI=1S/H2NO3PS/c1-6(3,4)5-2/h(H2,1,3,4)/p+1. The minimum atomic E-state index is -3.69. The van der Waals surface area contributed by atoms with Crippen LogP contribution < -0.4 is 5.14 Å². The fourth-order valence-electron chi connectivity index (χ4n) is 0. The second-order valence-electron chi connectivity index (χ2n) is 0.628. The lowest BCUT2D eigenvalue weighted by Gasteiger charge is -1.58. The Hall–Kier alpha value is 0.01000. The van der Waals surface area contributed by atoms with Crippen molar-refractivity contribution in [3.05, 3.63) is 0 Å². The highest BCUT2D eigenvalue weighted by Gasteiger charge is 2.05. The van der Waals surface area contributed by atoms with Crippen LogP contribution in [0.3, 0.4) is 0 Å². The van der Waals surface area contributed by atoms with Gasteiger partial charge in [0.25, 0.3) is 0 Å². The van der Waals surface area contributed by atoms with Crippen LogP contribution in [0.2, 0.25) is 0 Å². The van der Waals surface area contributed by atoms with E-state index in [1.54, 1.807) is 0 Å². The largest absolute Gasteiger partial charge is 0.468 e. The van der Waals surface area contributed by atoms with Gasteiger partial charge in [0.15, 0.2) is 0 Å². The van der Waals surface area contributed by atoms with Crippen molar-refractivity contribution in [3.8, 4) is 0 Å². The Bertz CT molecular complexity index is 121. The van der Waals surface area contributed by atoms with E-state index in [2.05, 4.69) is 5.14 Å². The lowest BCUT2D eigenvalue weighted by molar-refractivity contribution is 0.589. The molecule has 0 aromatic carbocycles. The third-order valence-electron chi connectivity index (χ3n) is 0.116. The molecule has 0 fully saturated rings. The molecule has 0 aliphatic rings. The Morgan fingerprint density at radius 2 is 1.67 bits per heavy atom. The van der Waals surface area contributed by atoms with Crippen molar-refractivity contribution in [2.75, 3.05) is 0 Å². The number of nitrogens with two attached hydrogens (primary N) is 1. The molecule has 0 amide bonds. The molecule has 1 unspecified atom stereocenters. The first kappa shape index (κ1) is 6.01. The molecule has 1 atom stereocenters.